The summed E-state index contributed by atoms with van der Waals surface area (Å²) in [5.41, 5.74) is 2.48. The average Bonchev–Trinajstić information content (AvgIpc) is 2.25. The Hall–Kier alpha value is -2.26. The van der Waals surface area contributed by atoms with Crippen LogP contribution in [0.3, 0.4) is 0 Å². The van der Waals surface area contributed by atoms with Gasteiger partial charge >= 0.3 is 0 Å². The van der Waals surface area contributed by atoms with E-state index >= 15 is 0 Å². The fourth-order valence-corrected chi connectivity index (χ4v) is 1.18. The molecule has 0 unspecified atom stereocenters. The lowest BCUT2D eigenvalue weighted by molar-refractivity contribution is -0.118. The first-order valence-electron chi connectivity index (χ1n) is 4.87. The Labute approximate surface area is 95.1 Å². The molecular weight excluding hydrogens is 200 g/mol. The molecule has 0 bridgehead atoms. The predicted octanol–water partition coefficient (Wildman–Crippen LogP) is 1.35. The van der Waals surface area contributed by atoms with Gasteiger partial charge in [-0.05, 0) is 30.7 Å². The van der Waals surface area contributed by atoms with E-state index in [-0.39, 0.29) is 5.91 Å². The van der Waals surface area contributed by atoms with Crippen LogP contribution in [0.2, 0.25) is 0 Å². The monoisotopic (exact) mass is 212 g/mol. The van der Waals surface area contributed by atoms with Crippen LogP contribution in [0.25, 0.3) is 0 Å². The molecule has 0 aromatic heterocycles. The van der Waals surface area contributed by atoms with Gasteiger partial charge in [-0.2, -0.15) is 5.26 Å². The van der Waals surface area contributed by atoms with Crippen molar-refractivity contribution in [1.82, 2.24) is 5.32 Å². The Morgan fingerprint density at radius 1 is 1.50 bits per heavy atom. The lowest BCUT2D eigenvalue weighted by Gasteiger charge is -1.97. The van der Waals surface area contributed by atoms with E-state index in [1.165, 1.54) is 6.92 Å². The molecule has 1 N–H and O–H groups in total. The molecule has 0 saturated heterocycles. The summed E-state index contributed by atoms with van der Waals surface area (Å²) in [6.45, 7) is 3.70. The highest BCUT2D eigenvalue weighted by atomic mass is 16.1. The molecule has 1 aromatic rings. The zero-order valence-corrected chi connectivity index (χ0v) is 9.29. The molecular formula is C13H12N2O. The molecule has 0 saturated carbocycles. The number of benzene rings is 1. The minimum Gasteiger partial charge on any atom is -0.345 e. The third-order valence-electron chi connectivity index (χ3n) is 2.00. The maximum absolute atomic E-state index is 10.6. The van der Waals surface area contributed by atoms with E-state index in [4.69, 9.17) is 5.26 Å². The van der Waals surface area contributed by atoms with E-state index in [2.05, 4.69) is 23.2 Å². The van der Waals surface area contributed by atoms with Crippen molar-refractivity contribution in [3.63, 3.8) is 0 Å². The van der Waals surface area contributed by atoms with E-state index in [1.54, 1.807) is 12.1 Å². The molecule has 3 heteroatoms. The molecule has 0 aliphatic rings. The first-order chi connectivity index (χ1) is 7.63. The van der Waals surface area contributed by atoms with Crippen molar-refractivity contribution in [2.24, 2.45) is 0 Å². The second-order valence-corrected chi connectivity index (χ2v) is 3.35. The highest BCUT2D eigenvalue weighted by Crippen LogP contribution is 2.08. The highest BCUT2D eigenvalue weighted by Gasteiger charge is 1.96. The first-order valence-corrected chi connectivity index (χ1v) is 4.87. The summed E-state index contributed by atoms with van der Waals surface area (Å²) >= 11 is 0. The van der Waals surface area contributed by atoms with Gasteiger partial charge in [-0.15, -0.1) is 0 Å². The zero-order valence-electron chi connectivity index (χ0n) is 9.29. The fourth-order valence-electron chi connectivity index (χ4n) is 1.18. The number of nitriles is 1. The Morgan fingerprint density at radius 3 is 2.81 bits per heavy atom. The molecule has 1 amide bonds. The van der Waals surface area contributed by atoms with E-state index in [9.17, 15) is 4.79 Å². The standard InChI is InChI=1S/C13H12N2O/c1-10-8-12(9-14)5-6-13(10)4-3-7-15-11(2)16/h5-6,8H,7H2,1-2H3,(H,15,16). The Kier molecular flexibility index (Phi) is 4.12. The third-order valence-corrected chi connectivity index (χ3v) is 2.00. The third kappa shape index (κ3) is 3.48. The fraction of sp³-hybridized carbons (Fsp3) is 0.231. The van der Waals surface area contributed by atoms with E-state index < -0.39 is 0 Å². The van der Waals surface area contributed by atoms with E-state index in [0.29, 0.717) is 12.1 Å². The second kappa shape index (κ2) is 5.58. The summed E-state index contributed by atoms with van der Waals surface area (Å²) in [5.74, 6) is 5.70. The van der Waals surface area contributed by atoms with Crippen LogP contribution in [0.1, 0.15) is 23.6 Å². The van der Waals surface area contributed by atoms with Gasteiger partial charge in [0, 0.05) is 12.5 Å². The van der Waals surface area contributed by atoms with Gasteiger partial charge in [-0.25, -0.2) is 0 Å². The summed E-state index contributed by atoms with van der Waals surface area (Å²) < 4.78 is 0. The van der Waals surface area contributed by atoms with Crippen molar-refractivity contribution in [2.75, 3.05) is 6.54 Å². The van der Waals surface area contributed by atoms with E-state index in [0.717, 1.165) is 11.1 Å². The van der Waals surface area contributed by atoms with Crippen LogP contribution in [-0.2, 0) is 4.79 Å². The predicted molar refractivity (Wildman–Crippen MR) is 61.5 cm³/mol. The molecule has 0 atom stereocenters. The van der Waals surface area contributed by atoms with Crippen LogP contribution in [0, 0.1) is 30.1 Å². The molecule has 80 valence electrons. The van der Waals surface area contributed by atoms with Crippen molar-refractivity contribution in [1.29, 1.82) is 5.26 Å². The normalized spacial score (nSPS) is 8.56. The van der Waals surface area contributed by atoms with Crippen molar-refractivity contribution >= 4 is 5.91 Å². The summed E-state index contributed by atoms with van der Waals surface area (Å²) in [7, 11) is 0. The lowest BCUT2D eigenvalue weighted by atomic mass is 10.1. The number of nitrogens with zero attached hydrogens (tertiary/aromatic N) is 1. The smallest absolute Gasteiger partial charge is 0.217 e. The molecule has 0 aliphatic heterocycles. The molecule has 3 nitrogen and oxygen atoms in total. The number of amides is 1. The van der Waals surface area contributed by atoms with Gasteiger partial charge in [0.2, 0.25) is 5.91 Å². The number of nitrogens with one attached hydrogen (secondary N) is 1. The van der Waals surface area contributed by atoms with Crippen LogP contribution >= 0.6 is 0 Å². The van der Waals surface area contributed by atoms with Gasteiger partial charge in [0.05, 0.1) is 18.2 Å². The maximum Gasteiger partial charge on any atom is 0.217 e. The maximum atomic E-state index is 10.6. The van der Waals surface area contributed by atoms with Crippen molar-refractivity contribution in [3.8, 4) is 17.9 Å². The topological polar surface area (TPSA) is 52.9 Å². The number of carbonyl (C=O) groups excluding carboxylic acids is 1. The summed E-state index contributed by atoms with van der Waals surface area (Å²) in [5, 5.41) is 11.3. The van der Waals surface area contributed by atoms with Crippen LogP contribution in [0.5, 0.6) is 0 Å². The molecule has 0 radical (unpaired) electrons. The SMILES string of the molecule is CC(=O)NCC#Cc1ccc(C#N)cc1C. The van der Waals surface area contributed by atoms with Gasteiger partial charge in [0.15, 0.2) is 0 Å². The van der Waals surface area contributed by atoms with Crippen LogP contribution in [0.4, 0.5) is 0 Å². The van der Waals surface area contributed by atoms with Gasteiger partial charge in [-0.1, -0.05) is 11.8 Å². The van der Waals surface area contributed by atoms with E-state index in [1.807, 2.05) is 13.0 Å². The molecule has 16 heavy (non-hydrogen) atoms. The minimum atomic E-state index is -0.0918. The first kappa shape index (κ1) is 11.8. The van der Waals surface area contributed by atoms with Gasteiger partial charge in [0.25, 0.3) is 0 Å². The Morgan fingerprint density at radius 2 is 2.25 bits per heavy atom. The highest BCUT2D eigenvalue weighted by molar-refractivity contribution is 5.73. The van der Waals surface area contributed by atoms with Crippen molar-refractivity contribution in [2.45, 2.75) is 13.8 Å². The minimum absolute atomic E-state index is 0.0918. The van der Waals surface area contributed by atoms with Gasteiger partial charge < -0.3 is 5.32 Å². The van der Waals surface area contributed by atoms with Crippen molar-refractivity contribution in [3.05, 3.63) is 34.9 Å². The Balaban J connectivity index is 2.75. The average molecular weight is 212 g/mol. The molecule has 0 aliphatic carbocycles. The zero-order chi connectivity index (χ0) is 12.0. The number of aryl methyl sites for hydroxylation is 1. The molecule has 1 rings (SSSR count). The number of carbonyl (C=O) groups is 1. The quantitative estimate of drug-likeness (QED) is 0.714. The largest absolute Gasteiger partial charge is 0.345 e. The molecule has 0 fully saturated rings. The lowest BCUT2D eigenvalue weighted by Crippen LogP contribution is -2.19. The number of hydrogen-bond donors (Lipinski definition) is 1. The second-order valence-electron chi connectivity index (χ2n) is 3.35. The van der Waals surface area contributed by atoms with Crippen LogP contribution in [-0.4, -0.2) is 12.5 Å². The van der Waals surface area contributed by atoms with Gasteiger partial charge in [-0.3, -0.25) is 4.79 Å². The molecule has 1 aromatic carbocycles. The molecule has 0 heterocycles. The van der Waals surface area contributed by atoms with Crippen molar-refractivity contribution < 1.29 is 4.79 Å². The summed E-state index contributed by atoms with van der Waals surface area (Å²) in [6, 6.07) is 7.41. The van der Waals surface area contributed by atoms with Gasteiger partial charge in [0.1, 0.15) is 0 Å². The summed E-state index contributed by atoms with van der Waals surface area (Å²) in [4.78, 5) is 10.6. The Bertz CT molecular complexity index is 501. The summed E-state index contributed by atoms with van der Waals surface area (Å²) in [6.07, 6.45) is 0. The number of rotatable bonds is 1. The van der Waals surface area contributed by atoms with Crippen LogP contribution in [0.15, 0.2) is 18.2 Å². The molecule has 0 spiro atoms. The van der Waals surface area contributed by atoms with Crippen LogP contribution < -0.4 is 5.32 Å². The number of hydrogen-bond acceptors (Lipinski definition) is 2.